The Morgan fingerprint density at radius 3 is 2.50 bits per heavy atom. The highest BCUT2D eigenvalue weighted by molar-refractivity contribution is 5.77. The van der Waals surface area contributed by atoms with Gasteiger partial charge in [0.1, 0.15) is 0 Å². The van der Waals surface area contributed by atoms with Crippen LogP contribution in [-0.2, 0) is 4.79 Å². The third-order valence-electron chi connectivity index (χ3n) is 4.61. The second-order valence-electron chi connectivity index (χ2n) is 5.89. The predicted molar refractivity (Wildman–Crippen MR) is 78.6 cm³/mol. The van der Waals surface area contributed by atoms with Crippen LogP contribution < -0.4 is 0 Å². The molecule has 3 atom stereocenters. The van der Waals surface area contributed by atoms with Gasteiger partial charge in [-0.25, -0.2) is 4.79 Å². The van der Waals surface area contributed by atoms with Crippen molar-refractivity contribution in [1.29, 1.82) is 0 Å². The lowest BCUT2D eigenvalue weighted by atomic mass is 9.66. The Labute approximate surface area is 120 Å². The van der Waals surface area contributed by atoms with Crippen LogP contribution in [0.4, 0.5) is 0 Å². The lowest BCUT2D eigenvalue weighted by Gasteiger charge is -2.41. The maximum absolute atomic E-state index is 11.6. The maximum atomic E-state index is 11.6. The minimum atomic E-state index is -1.59. The van der Waals surface area contributed by atoms with Gasteiger partial charge in [0.2, 0.25) is 0 Å². The van der Waals surface area contributed by atoms with Gasteiger partial charge in [0.05, 0.1) is 0 Å². The zero-order valence-electron chi connectivity index (χ0n) is 12.1. The molecule has 0 spiro atoms. The minimum absolute atomic E-state index is 0.151. The highest BCUT2D eigenvalue weighted by Crippen LogP contribution is 2.45. The number of aliphatic hydroxyl groups is 1. The van der Waals surface area contributed by atoms with E-state index >= 15 is 0 Å². The highest BCUT2D eigenvalue weighted by Gasteiger charge is 2.47. The number of aliphatic carboxylic acids is 1. The van der Waals surface area contributed by atoms with Gasteiger partial charge in [-0.3, -0.25) is 0 Å². The highest BCUT2D eigenvalue weighted by atomic mass is 16.4. The summed E-state index contributed by atoms with van der Waals surface area (Å²) in [6, 6.07) is 10.0. The quantitative estimate of drug-likeness (QED) is 0.864. The van der Waals surface area contributed by atoms with Gasteiger partial charge in [0.15, 0.2) is 5.60 Å². The first-order chi connectivity index (χ1) is 9.59. The van der Waals surface area contributed by atoms with Crippen LogP contribution in [0.1, 0.15) is 56.9 Å². The van der Waals surface area contributed by atoms with Crippen LogP contribution in [0.2, 0.25) is 0 Å². The molecule has 20 heavy (non-hydrogen) atoms. The van der Waals surface area contributed by atoms with E-state index in [1.54, 1.807) is 0 Å². The summed E-state index contributed by atoms with van der Waals surface area (Å²) >= 11 is 0. The average molecular weight is 276 g/mol. The Balaban J connectivity index is 2.32. The molecule has 1 saturated carbocycles. The van der Waals surface area contributed by atoms with E-state index in [-0.39, 0.29) is 11.8 Å². The molecule has 110 valence electrons. The minimum Gasteiger partial charge on any atom is -0.479 e. The largest absolute Gasteiger partial charge is 0.479 e. The molecule has 1 aliphatic rings. The van der Waals surface area contributed by atoms with Crippen LogP contribution in [0.15, 0.2) is 30.3 Å². The van der Waals surface area contributed by atoms with Crippen LogP contribution in [0.5, 0.6) is 0 Å². The first kappa shape index (κ1) is 15.0. The molecule has 0 radical (unpaired) electrons. The summed E-state index contributed by atoms with van der Waals surface area (Å²) in [6.07, 6.45) is 4.89. The molecule has 1 fully saturated rings. The molecule has 0 aromatic heterocycles. The molecule has 1 aromatic carbocycles. The van der Waals surface area contributed by atoms with E-state index < -0.39 is 11.6 Å². The normalized spacial score (nSPS) is 25.9. The van der Waals surface area contributed by atoms with Crippen molar-refractivity contribution < 1.29 is 15.0 Å². The topological polar surface area (TPSA) is 57.5 Å². The van der Waals surface area contributed by atoms with Crippen molar-refractivity contribution in [3.63, 3.8) is 0 Å². The van der Waals surface area contributed by atoms with Crippen LogP contribution in [0.25, 0.3) is 0 Å². The summed E-state index contributed by atoms with van der Waals surface area (Å²) in [5.74, 6) is -1.10. The van der Waals surface area contributed by atoms with Crippen molar-refractivity contribution in [3.05, 3.63) is 35.9 Å². The Hall–Kier alpha value is -1.35. The molecular formula is C17H24O3. The molecule has 0 amide bonds. The fraction of sp³-hybridized carbons (Fsp3) is 0.588. The number of carbonyl (C=O) groups is 1. The van der Waals surface area contributed by atoms with E-state index in [1.165, 1.54) is 0 Å². The molecular weight excluding hydrogens is 252 g/mol. The van der Waals surface area contributed by atoms with E-state index in [0.29, 0.717) is 12.8 Å². The second kappa shape index (κ2) is 6.40. The molecule has 2 rings (SSSR count). The summed E-state index contributed by atoms with van der Waals surface area (Å²) in [4.78, 5) is 11.6. The molecule has 2 N–H and O–H groups in total. The molecule has 0 bridgehead atoms. The third kappa shape index (κ3) is 2.88. The summed E-state index contributed by atoms with van der Waals surface area (Å²) in [6.45, 7) is 1.92. The van der Waals surface area contributed by atoms with Gasteiger partial charge in [-0.1, -0.05) is 56.5 Å². The molecule has 1 aromatic rings. The molecule has 3 unspecified atom stereocenters. The molecule has 0 aliphatic heterocycles. The summed E-state index contributed by atoms with van der Waals surface area (Å²) in [7, 11) is 0. The van der Waals surface area contributed by atoms with E-state index in [4.69, 9.17) is 0 Å². The average Bonchev–Trinajstić information content (AvgIpc) is 2.48. The zero-order chi connectivity index (χ0) is 14.6. The van der Waals surface area contributed by atoms with Gasteiger partial charge < -0.3 is 10.2 Å². The summed E-state index contributed by atoms with van der Waals surface area (Å²) in [5.41, 5.74) is -0.427. The van der Waals surface area contributed by atoms with Crippen molar-refractivity contribution in [2.75, 3.05) is 0 Å². The number of rotatable bonds is 5. The molecule has 0 heterocycles. The maximum Gasteiger partial charge on any atom is 0.335 e. The fourth-order valence-corrected chi connectivity index (χ4v) is 3.63. The first-order valence-electron chi connectivity index (χ1n) is 7.60. The third-order valence-corrected chi connectivity index (χ3v) is 4.61. The van der Waals surface area contributed by atoms with Crippen molar-refractivity contribution >= 4 is 5.97 Å². The van der Waals surface area contributed by atoms with Gasteiger partial charge in [-0.2, -0.15) is 0 Å². The lowest BCUT2D eigenvalue weighted by Crippen LogP contribution is -2.49. The number of benzene rings is 1. The van der Waals surface area contributed by atoms with Crippen LogP contribution in [0, 0.1) is 5.92 Å². The van der Waals surface area contributed by atoms with Gasteiger partial charge in [-0.15, -0.1) is 0 Å². The number of hydrogen-bond acceptors (Lipinski definition) is 2. The van der Waals surface area contributed by atoms with Crippen LogP contribution in [-0.4, -0.2) is 21.8 Å². The summed E-state index contributed by atoms with van der Waals surface area (Å²) < 4.78 is 0. The predicted octanol–water partition coefficient (Wildman–Crippen LogP) is 3.58. The Kier molecular flexibility index (Phi) is 4.81. The van der Waals surface area contributed by atoms with E-state index in [1.807, 2.05) is 25.1 Å². The smallest absolute Gasteiger partial charge is 0.335 e. The van der Waals surface area contributed by atoms with E-state index in [0.717, 1.165) is 31.2 Å². The van der Waals surface area contributed by atoms with Crippen LogP contribution >= 0.6 is 0 Å². The Morgan fingerprint density at radius 1 is 1.25 bits per heavy atom. The fourth-order valence-electron chi connectivity index (χ4n) is 3.63. The zero-order valence-corrected chi connectivity index (χ0v) is 12.1. The lowest BCUT2D eigenvalue weighted by molar-refractivity contribution is -0.169. The molecule has 1 aliphatic carbocycles. The molecule has 3 nitrogen and oxygen atoms in total. The van der Waals surface area contributed by atoms with Gasteiger partial charge in [0.25, 0.3) is 0 Å². The van der Waals surface area contributed by atoms with Gasteiger partial charge >= 0.3 is 5.97 Å². The summed E-state index contributed by atoms with van der Waals surface area (Å²) in [5, 5.41) is 20.3. The monoisotopic (exact) mass is 276 g/mol. The Morgan fingerprint density at radius 2 is 1.90 bits per heavy atom. The number of hydrogen-bond donors (Lipinski definition) is 2. The van der Waals surface area contributed by atoms with Crippen molar-refractivity contribution in [1.82, 2.24) is 0 Å². The second-order valence-corrected chi connectivity index (χ2v) is 5.89. The van der Waals surface area contributed by atoms with E-state index in [9.17, 15) is 15.0 Å². The number of carboxylic acid groups (broad SMARTS) is 1. The van der Waals surface area contributed by atoms with Gasteiger partial charge in [-0.05, 0) is 30.7 Å². The van der Waals surface area contributed by atoms with E-state index in [2.05, 4.69) is 12.1 Å². The molecule has 3 heteroatoms. The van der Waals surface area contributed by atoms with Crippen molar-refractivity contribution in [2.45, 2.75) is 57.0 Å². The molecule has 0 saturated heterocycles. The Bertz CT molecular complexity index is 443. The van der Waals surface area contributed by atoms with Gasteiger partial charge in [0, 0.05) is 5.92 Å². The van der Waals surface area contributed by atoms with Crippen LogP contribution in [0.3, 0.4) is 0 Å². The first-order valence-corrected chi connectivity index (χ1v) is 7.60. The SMILES string of the molecule is CCCC(O)(C(=O)O)C1CCCCC1c1ccccc1. The standard InChI is InChI=1S/C17H24O3/c1-2-12-17(20,16(18)19)15-11-7-6-10-14(15)13-8-4-3-5-9-13/h3-5,8-9,14-15,20H,2,6-7,10-12H2,1H3,(H,18,19). The van der Waals surface area contributed by atoms with Crippen molar-refractivity contribution in [3.8, 4) is 0 Å². The number of carboxylic acids is 1. The van der Waals surface area contributed by atoms with Crippen molar-refractivity contribution in [2.24, 2.45) is 5.92 Å².